The Hall–Kier alpha value is -1.44. The third kappa shape index (κ3) is 2.81. The quantitative estimate of drug-likeness (QED) is 0.899. The summed E-state index contributed by atoms with van der Waals surface area (Å²) in [6.45, 7) is 1.50. The standard InChI is InChI=1S/C14H17NO5S/c16-14(17)12-3-1-2-11-6-15(7-13(11)12)21(18,19)9-10-4-5-20-8-10/h1-3,10H,4-9H2,(H,16,17). The van der Waals surface area contributed by atoms with Gasteiger partial charge in [0.15, 0.2) is 0 Å². The Bertz CT molecular complexity index is 664. The van der Waals surface area contributed by atoms with E-state index in [1.807, 2.05) is 0 Å². The fourth-order valence-corrected chi connectivity index (χ4v) is 4.64. The number of benzene rings is 1. The van der Waals surface area contributed by atoms with E-state index in [-0.39, 0.29) is 30.3 Å². The van der Waals surface area contributed by atoms with E-state index in [1.54, 1.807) is 12.1 Å². The van der Waals surface area contributed by atoms with Crippen molar-refractivity contribution in [2.24, 2.45) is 5.92 Å². The number of nitrogens with zero attached hydrogens (tertiary/aromatic N) is 1. The molecule has 0 radical (unpaired) electrons. The lowest BCUT2D eigenvalue weighted by molar-refractivity contribution is 0.0695. The third-order valence-electron chi connectivity index (χ3n) is 4.05. The highest BCUT2D eigenvalue weighted by molar-refractivity contribution is 7.89. The number of rotatable bonds is 4. The van der Waals surface area contributed by atoms with Crippen molar-refractivity contribution >= 4 is 16.0 Å². The van der Waals surface area contributed by atoms with Gasteiger partial charge in [-0.3, -0.25) is 0 Å². The summed E-state index contributed by atoms with van der Waals surface area (Å²) in [5.41, 5.74) is 1.58. The predicted molar refractivity (Wildman–Crippen MR) is 75.4 cm³/mol. The first kappa shape index (κ1) is 14.5. The maximum Gasteiger partial charge on any atom is 0.336 e. The molecule has 0 saturated carbocycles. The van der Waals surface area contributed by atoms with Gasteiger partial charge in [-0.2, -0.15) is 4.31 Å². The second kappa shape index (κ2) is 5.40. The number of ether oxygens (including phenoxy) is 1. The van der Waals surface area contributed by atoms with Gasteiger partial charge in [-0.15, -0.1) is 0 Å². The Labute approximate surface area is 123 Å². The van der Waals surface area contributed by atoms with E-state index >= 15 is 0 Å². The minimum Gasteiger partial charge on any atom is -0.478 e. The molecule has 1 saturated heterocycles. The molecule has 1 N–H and O–H groups in total. The Morgan fingerprint density at radius 2 is 2.19 bits per heavy atom. The fraction of sp³-hybridized carbons (Fsp3) is 0.500. The SMILES string of the molecule is O=C(O)c1cccc2c1CN(S(=O)(=O)CC1CCOC1)C2. The van der Waals surface area contributed by atoms with Crippen LogP contribution in [0.1, 0.15) is 27.9 Å². The first-order valence-electron chi connectivity index (χ1n) is 6.87. The lowest BCUT2D eigenvalue weighted by Crippen LogP contribution is -2.31. The van der Waals surface area contributed by atoms with Gasteiger partial charge in [-0.1, -0.05) is 12.1 Å². The number of fused-ring (bicyclic) bond motifs is 1. The zero-order chi connectivity index (χ0) is 15.0. The van der Waals surface area contributed by atoms with Gasteiger partial charge in [0.2, 0.25) is 10.0 Å². The predicted octanol–water partition coefficient (Wildman–Crippen LogP) is 1.07. The maximum atomic E-state index is 12.5. The number of sulfonamides is 1. The van der Waals surface area contributed by atoms with E-state index in [0.29, 0.717) is 18.8 Å². The summed E-state index contributed by atoms with van der Waals surface area (Å²) in [7, 11) is -3.39. The molecule has 7 heteroatoms. The molecule has 0 bridgehead atoms. The van der Waals surface area contributed by atoms with E-state index in [1.165, 1.54) is 10.4 Å². The Balaban J connectivity index is 1.80. The lowest BCUT2D eigenvalue weighted by atomic mass is 10.0. The van der Waals surface area contributed by atoms with Crippen LogP contribution in [0.15, 0.2) is 18.2 Å². The molecule has 3 rings (SSSR count). The van der Waals surface area contributed by atoms with Gasteiger partial charge >= 0.3 is 5.97 Å². The molecule has 0 aliphatic carbocycles. The van der Waals surface area contributed by atoms with Gasteiger partial charge in [0.05, 0.1) is 17.9 Å². The average molecular weight is 311 g/mol. The van der Waals surface area contributed by atoms with Gasteiger partial charge in [0, 0.05) is 19.7 Å². The van der Waals surface area contributed by atoms with Crippen LogP contribution in [-0.4, -0.2) is 42.8 Å². The highest BCUT2D eigenvalue weighted by atomic mass is 32.2. The summed E-state index contributed by atoms with van der Waals surface area (Å²) in [6.07, 6.45) is 0.764. The smallest absolute Gasteiger partial charge is 0.336 e. The summed E-state index contributed by atoms with van der Waals surface area (Å²) >= 11 is 0. The average Bonchev–Trinajstić information content (AvgIpc) is 3.05. The first-order chi connectivity index (χ1) is 9.97. The Morgan fingerprint density at radius 3 is 2.86 bits per heavy atom. The monoisotopic (exact) mass is 311 g/mol. The summed E-state index contributed by atoms with van der Waals surface area (Å²) in [6, 6.07) is 4.96. The number of carboxylic acid groups (broad SMARTS) is 1. The van der Waals surface area contributed by atoms with Crippen molar-refractivity contribution in [1.29, 1.82) is 0 Å². The van der Waals surface area contributed by atoms with Gasteiger partial charge in [0.25, 0.3) is 0 Å². The first-order valence-corrected chi connectivity index (χ1v) is 8.48. The van der Waals surface area contributed by atoms with Gasteiger partial charge in [0.1, 0.15) is 0 Å². The summed E-state index contributed by atoms with van der Waals surface area (Å²) in [5.74, 6) is -0.906. The lowest BCUT2D eigenvalue weighted by Gasteiger charge is -2.17. The molecule has 0 spiro atoms. The van der Waals surface area contributed by atoms with E-state index in [4.69, 9.17) is 4.74 Å². The summed E-state index contributed by atoms with van der Waals surface area (Å²) in [5, 5.41) is 9.18. The van der Waals surface area contributed by atoms with Crippen LogP contribution in [0.3, 0.4) is 0 Å². The number of carboxylic acids is 1. The van der Waals surface area contributed by atoms with Crippen LogP contribution in [0.2, 0.25) is 0 Å². The number of hydrogen-bond donors (Lipinski definition) is 1. The van der Waals surface area contributed by atoms with Crippen LogP contribution in [0, 0.1) is 5.92 Å². The van der Waals surface area contributed by atoms with Crippen LogP contribution in [0.25, 0.3) is 0 Å². The second-order valence-electron chi connectivity index (χ2n) is 5.52. The third-order valence-corrected chi connectivity index (χ3v) is 5.99. The van der Waals surface area contributed by atoms with E-state index < -0.39 is 16.0 Å². The molecular formula is C14H17NO5S. The highest BCUT2D eigenvalue weighted by Crippen LogP contribution is 2.29. The maximum absolute atomic E-state index is 12.5. The molecule has 2 aliphatic heterocycles. The molecule has 114 valence electrons. The van der Waals surface area contributed by atoms with Crippen LogP contribution < -0.4 is 0 Å². The fourth-order valence-electron chi connectivity index (χ4n) is 2.91. The zero-order valence-corrected chi connectivity index (χ0v) is 12.3. The molecule has 1 unspecified atom stereocenters. The van der Waals surface area contributed by atoms with Crippen LogP contribution in [0.5, 0.6) is 0 Å². The molecule has 1 fully saturated rings. The van der Waals surface area contributed by atoms with Crippen molar-refractivity contribution < 1.29 is 23.1 Å². The zero-order valence-electron chi connectivity index (χ0n) is 11.5. The minimum absolute atomic E-state index is 0.0395. The molecule has 6 nitrogen and oxygen atoms in total. The molecule has 2 heterocycles. The van der Waals surface area contributed by atoms with Crippen molar-refractivity contribution in [2.75, 3.05) is 19.0 Å². The van der Waals surface area contributed by atoms with Crippen molar-refractivity contribution in [2.45, 2.75) is 19.5 Å². The van der Waals surface area contributed by atoms with Gasteiger partial charge < -0.3 is 9.84 Å². The highest BCUT2D eigenvalue weighted by Gasteiger charge is 2.34. The van der Waals surface area contributed by atoms with Gasteiger partial charge in [-0.05, 0) is 29.5 Å². The second-order valence-corrected chi connectivity index (χ2v) is 7.54. The number of carbonyl (C=O) groups is 1. The van der Waals surface area contributed by atoms with Crippen LogP contribution in [-0.2, 0) is 27.8 Å². The summed E-state index contributed by atoms with van der Waals surface area (Å²) < 4.78 is 31.5. The topological polar surface area (TPSA) is 83.9 Å². The molecule has 0 aromatic heterocycles. The largest absolute Gasteiger partial charge is 0.478 e. The molecule has 0 amide bonds. The van der Waals surface area contributed by atoms with Gasteiger partial charge in [-0.25, -0.2) is 13.2 Å². The van der Waals surface area contributed by atoms with Crippen LogP contribution in [0.4, 0.5) is 0 Å². The summed E-state index contributed by atoms with van der Waals surface area (Å²) in [4.78, 5) is 11.2. The molecular weight excluding hydrogens is 294 g/mol. The minimum atomic E-state index is -3.39. The molecule has 1 atom stereocenters. The van der Waals surface area contributed by atoms with Crippen LogP contribution >= 0.6 is 0 Å². The molecule has 1 aromatic rings. The number of aromatic carboxylic acids is 1. The Morgan fingerprint density at radius 1 is 1.38 bits per heavy atom. The number of hydrogen-bond acceptors (Lipinski definition) is 4. The van der Waals surface area contributed by atoms with E-state index in [2.05, 4.69) is 0 Å². The normalized spacial score (nSPS) is 22.4. The van der Waals surface area contributed by atoms with Crippen molar-refractivity contribution in [3.63, 3.8) is 0 Å². The van der Waals surface area contributed by atoms with Crippen molar-refractivity contribution in [1.82, 2.24) is 4.31 Å². The molecule has 2 aliphatic rings. The van der Waals surface area contributed by atoms with E-state index in [9.17, 15) is 18.3 Å². The Kier molecular flexibility index (Phi) is 3.73. The van der Waals surface area contributed by atoms with Crippen molar-refractivity contribution in [3.8, 4) is 0 Å². The molecule has 21 heavy (non-hydrogen) atoms. The van der Waals surface area contributed by atoms with Crippen molar-refractivity contribution in [3.05, 3.63) is 34.9 Å². The molecule has 1 aromatic carbocycles. The van der Waals surface area contributed by atoms with E-state index in [0.717, 1.165) is 12.0 Å².